The van der Waals surface area contributed by atoms with Crippen LogP contribution in [0.25, 0.3) is 0 Å². The van der Waals surface area contributed by atoms with Gasteiger partial charge >= 0.3 is 0 Å². The van der Waals surface area contributed by atoms with Gasteiger partial charge in [0.25, 0.3) is 0 Å². The Morgan fingerprint density at radius 2 is 2.29 bits per heavy atom. The van der Waals surface area contributed by atoms with Gasteiger partial charge in [-0.25, -0.2) is 0 Å². The Kier molecular flexibility index (Phi) is 4.90. The first-order valence-corrected chi connectivity index (χ1v) is 5.37. The average Bonchev–Trinajstić information content (AvgIpc) is 2.98. The van der Waals surface area contributed by atoms with Crippen molar-refractivity contribution in [3.05, 3.63) is 0 Å². The van der Waals surface area contributed by atoms with E-state index >= 15 is 0 Å². The molecule has 82 valence electrons. The molecule has 1 amide bonds. The van der Waals surface area contributed by atoms with Crippen LogP contribution in [0.4, 0.5) is 0 Å². The van der Waals surface area contributed by atoms with Crippen molar-refractivity contribution < 1.29 is 9.90 Å². The van der Waals surface area contributed by atoms with Crippen LogP contribution in [-0.2, 0) is 4.79 Å². The van der Waals surface area contributed by atoms with Crippen LogP contribution >= 0.6 is 0 Å². The summed E-state index contributed by atoms with van der Waals surface area (Å²) in [5, 5.41) is 15.0. The van der Waals surface area contributed by atoms with Crippen LogP contribution in [0, 0.1) is 5.92 Å². The number of rotatable bonds is 7. The summed E-state index contributed by atoms with van der Waals surface area (Å²) in [4.78, 5) is 11.2. The number of amides is 1. The predicted octanol–water partition coefficient (Wildman–Crippen LogP) is -0.127. The molecule has 1 aliphatic carbocycles. The Bertz CT molecular complexity index is 181. The maximum absolute atomic E-state index is 11.2. The number of aliphatic hydroxyl groups excluding tert-OH is 1. The van der Waals surface area contributed by atoms with Crippen LogP contribution in [0.3, 0.4) is 0 Å². The summed E-state index contributed by atoms with van der Waals surface area (Å²) in [6.45, 7) is 3.54. The molecule has 0 spiro atoms. The van der Waals surface area contributed by atoms with Gasteiger partial charge in [0.15, 0.2) is 0 Å². The smallest absolute Gasteiger partial charge is 0.233 e. The molecule has 1 fully saturated rings. The molecule has 1 unspecified atom stereocenters. The lowest BCUT2D eigenvalue weighted by Crippen LogP contribution is -2.37. The van der Waals surface area contributed by atoms with Crippen molar-refractivity contribution in [1.29, 1.82) is 0 Å². The molecule has 0 heterocycles. The summed E-state index contributed by atoms with van der Waals surface area (Å²) in [5.74, 6) is 0.750. The highest BCUT2D eigenvalue weighted by Crippen LogP contribution is 2.27. The van der Waals surface area contributed by atoms with Gasteiger partial charge in [-0.1, -0.05) is 6.92 Å². The molecule has 1 atom stereocenters. The van der Waals surface area contributed by atoms with Crippen LogP contribution in [0.1, 0.15) is 26.2 Å². The number of carbonyl (C=O) groups is 1. The van der Waals surface area contributed by atoms with Crippen LogP contribution in [-0.4, -0.2) is 36.8 Å². The van der Waals surface area contributed by atoms with Crippen molar-refractivity contribution in [3.63, 3.8) is 0 Å². The maximum atomic E-state index is 11.2. The molecule has 1 rings (SSSR count). The molecule has 0 aliphatic heterocycles. The normalized spacial score (nSPS) is 17.9. The first kappa shape index (κ1) is 11.5. The van der Waals surface area contributed by atoms with Crippen molar-refractivity contribution >= 4 is 5.91 Å². The second-order valence-electron chi connectivity index (χ2n) is 3.94. The van der Waals surface area contributed by atoms with E-state index in [1.807, 2.05) is 6.92 Å². The van der Waals surface area contributed by atoms with E-state index in [1.54, 1.807) is 0 Å². The predicted molar refractivity (Wildman–Crippen MR) is 54.9 cm³/mol. The Morgan fingerprint density at radius 1 is 1.57 bits per heavy atom. The molecule has 3 N–H and O–H groups in total. The molecule has 4 heteroatoms. The minimum absolute atomic E-state index is 0.0280. The molecular formula is C10H20N2O2. The van der Waals surface area contributed by atoms with E-state index in [0.29, 0.717) is 13.1 Å². The van der Waals surface area contributed by atoms with Gasteiger partial charge in [0.05, 0.1) is 12.6 Å². The third-order valence-corrected chi connectivity index (χ3v) is 2.42. The first-order chi connectivity index (χ1) is 6.72. The van der Waals surface area contributed by atoms with E-state index in [-0.39, 0.29) is 12.0 Å². The third kappa shape index (κ3) is 5.19. The molecule has 0 aromatic heterocycles. The van der Waals surface area contributed by atoms with Crippen molar-refractivity contribution in [3.8, 4) is 0 Å². The average molecular weight is 200 g/mol. The highest BCUT2D eigenvalue weighted by molar-refractivity contribution is 5.77. The minimum Gasteiger partial charge on any atom is -0.392 e. The van der Waals surface area contributed by atoms with Gasteiger partial charge in [0.1, 0.15) is 0 Å². The summed E-state index contributed by atoms with van der Waals surface area (Å²) in [6.07, 6.45) is 2.88. The van der Waals surface area contributed by atoms with Gasteiger partial charge in [-0.3, -0.25) is 4.79 Å². The Balaban J connectivity index is 1.91. The molecule has 4 nitrogen and oxygen atoms in total. The largest absolute Gasteiger partial charge is 0.392 e. The quantitative estimate of drug-likeness (QED) is 0.536. The molecule has 0 radical (unpaired) electrons. The molecule has 1 aliphatic rings. The topological polar surface area (TPSA) is 61.4 Å². The van der Waals surface area contributed by atoms with E-state index in [1.165, 1.54) is 12.8 Å². The van der Waals surface area contributed by atoms with Crippen LogP contribution in [0.2, 0.25) is 0 Å². The summed E-state index contributed by atoms with van der Waals surface area (Å²) >= 11 is 0. The lowest BCUT2D eigenvalue weighted by atomic mass is 10.3. The lowest BCUT2D eigenvalue weighted by molar-refractivity contribution is -0.120. The van der Waals surface area contributed by atoms with E-state index < -0.39 is 0 Å². The second kappa shape index (κ2) is 5.98. The number of aliphatic hydroxyl groups is 1. The zero-order valence-electron chi connectivity index (χ0n) is 8.75. The minimum atomic E-state index is -0.341. The molecule has 0 aromatic rings. The third-order valence-electron chi connectivity index (χ3n) is 2.42. The Hall–Kier alpha value is -0.610. The standard InChI is InChI=1S/C10H20N2O2/c1-2-9(13)6-11-7-10(14)12-5-8-3-4-8/h8-9,11,13H,2-7H2,1H3,(H,12,14). The zero-order valence-corrected chi connectivity index (χ0v) is 8.75. The molecule has 0 bridgehead atoms. The fraction of sp³-hybridized carbons (Fsp3) is 0.900. The van der Waals surface area contributed by atoms with E-state index in [2.05, 4.69) is 10.6 Å². The van der Waals surface area contributed by atoms with E-state index in [0.717, 1.165) is 18.9 Å². The van der Waals surface area contributed by atoms with E-state index in [4.69, 9.17) is 0 Å². The number of nitrogens with one attached hydrogen (secondary N) is 2. The van der Waals surface area contributed by atoms with E-state index in [9.17, 15) is 9.90 Å². The van der Waals surface area contributed by atoms with Crippen LogP contribution in [0.15, 0.2) is 0 Å². The summed E-state index contributed by atoms with van der Waals surface area (Å²) < 4.78 is 0. The van der Waals surface area contributed by atoms with Gasteiger partial charge in [-0.2, -0.15) is 0 Å². The van der Waals surface area contributed by atoms with Crippen LogP contribution < -0.4 is 10.6 Å². The van der Waals surface area contributed by atoms with Crippen molar-refractivity contribution in [2.75, 3.05) is 19.6 Å². The summed E-state index contributed by atoms with van der Waals surface area (Å²) in [6, 6.07) is 0. The van der Waals surface area contributed by atoms with Gasteiger partial charge < -0.3 is 15.7 Å². The maximum Gasteiger partial charge on any atom is 0.233 e. The Morgan fingerprint density at radius 3 is 2.86 bits per heavy atom. The molecule has 1 saturated carbocycles. The molecule has 0 saturated heterocycles. The summed E-state index contributed by atoms with van der Waals surface area (Å²) in [7, 11) is 0. The van der Waals surface area contributed by atoms with Crippen molar-refractivity contribution in [1.82, 2.24) is 10.6 Å². The van der Waals surface area contributed by atoms with Crippen molar-refractivity contribution in [2.24, 2.45) is 5.92 Å². The zero-order chi connectivity index (χ0) is 10.4. The van der Waals surface area contributed by atoms with Gasteiger partial charge in [-0.05, 0) is 25.2 Å². The molecular weight excluding hydrogens is 180 g/mol. The van der Waals surface area contributed by atoms with Gasteiger partial charge in [0, 0.05) is 13.1 Å². The highest BCUT2D eigenvalue weighted by Gasteiger charge is 2.21. The highest BCUT2D eigenvalue weighted by atomic mass is 16.3. The first-order valence-electron chi connectivity index (χ1n) is 5.37. The van der Waals surface area contributed by atoms with Crippen molar-refractivity contribution in [2.45, 2.75) is 32.3 Å². The molecule has 14 heavy (non-hydrogen) atoms. The van der Waals surface area contributed by atoms with Gasteiger partial charge in [-0.15, -0.1) is 0 Å². The fourth-order valence-corrected chi connectivity index (χ4v) is 1.14. The SMILES string of the molecule is CCC(O)CNCC(=O)NCC1CC1. The number of carbonyl (C=O) groups excluding carboxylic acids is 1. The fourth-order valence-electron chi connectivity index (χ4n) is 1.14. The molecule has 0 aromatic carbocycles. The van der Waals surface area contributed by atoms with Crippen LogP contribution in [0.5, 0.6) is 0 Å². The Labute approximate surface area is 85.1 Å². The summed E-state index contributed by atoms with van der Waals surface area (Å²) in [5.41, 5.74) is 0. The second-order valence-corrected chi connectivity index (χ2v) is 3.94. The number of hydrogen-bond acceptors (Lipinski definition) is 3. The monoisotopic (exact) mass is 200 g/mol. The lowest BCUT2D eigenvalue weighted by Gasteiger charge is -2.09. The van der Waals surface area contributed by atoms with Gasteiger partial charge in [0.2, 0.25) is 5.91 Å². The number of hydrogen-bond donors (Lipinski definition) is 3.